The molecule has 0 aliphatic heterocycles. The third-order valence-electron chi connectivity index (χ3n) is 4.76. The molecular weight excluding hydrogens is 380 g/mol. The van der Waals surface area contributed by atoms with Crippen molar-refractivity contribution in [2.75, 3.05) is 7.11 Å². The Labute approximate surface area is 182 Å². The molecule has 1 rings (SSSR count). The summed E-state index contributed by atoms with van der Waals surface area (Å²) >= 11 is 0. The van der Waals surface area contributed by atoms with Gasteiger partial charge >= 0.3 is 12.1 Å². The van der Waals surface area contributed by atoms with Gasteiger partial charge in [-0.25, -0.2) is 4.79 Å². The molecule has 1 amide bonds. The van der Waals surface area contributed by atoms with Crippen LogP contribution < -0.4 is 10.6 Å². The Hall–Kier alpha value is -2.08. The summed E-state index contributed by atoms with van der Waals surface area (Å²) in [6.07, 6.45) is 1.53. The van der Waals surface area contributed by atoms with E-state index in [9.17, 15) is 9.59 Å². The van der Waals surface area contributed by atoms with Crippen molar-refractivity contribution in [3.05, 3.63) is 35.9 Å². The molecule has 0 spiro atoms. The minimum atomic E-state index is -0.828. The van der Waals surface area contributed by atoms with Crippen LogP contribution in [0.15, 0.2) is 30.3 Å². The third-order valence-corrected chi connectivity index (χ3v) is 4.76. The fourth-order valence-corrected chi connectivity index (χ4v) is 3.11. The van der Waals surface area contributed by atoms with Gasteiger partial charge in [0.2, 0.25) is 0 Å². The molecule has 0 aromatic heterocycles. The maximum Gasteiger partial charge on any atom is 0.408 e. The Bertz CT molecular complexity index is 677. The molecule has 0 aliphatic carbocycles. The molecule has 0 bridgehead atoms. The molecule has 2 atom stereocenters. The molecule has 6 nitrogen and oxygen atoms in total. The SMILES string of the molecule is COC(=O)[C@H](CC(C)(C)C)NC(C)(CCC(C)(C)C)NC(=O)OCc1ccccc1. The van der Waals surface area contributed by atoms with Crippen molar-refractivity contribution in [2.24, 2.45) is 10.8 Å². The highest BCUT2D eigenvalue weighted by Crippen LogP contribution is 2.27. The summed E-state index contributed by atoms with van der Waals surface area (Å²) in [6, 6.07) is 8.98. The Morgan fingerprint density at radius 3 is 2.03 bits per heavy atom. The quantitative estimate of drug-likeness (QED) is 0.433. The molecule has 0 aliphatic rings. The van der Waals surface area contributed by atoms with Crippen LogP contribution in [0.25, 0.3) is 0 Å². The second kappa shape index (κ2) is 10.8. The van der Waals surface area contributed by atoms with Crippen LogP contribution >= 0.6 is 0 Å². The van der Waals surface area contributed by atoms with E-state index in [-0.39, 0.29) is 23.4 Å². The summed E-state index contributed by atoms with van der Waals surface area (Å²) in [5.74, 6) is -0.341. The van der Waals surface area contributed by atoms with Gasteiger partial charge < -0.3 is 14.8 Å². The van der Waals surface area contributed by atoms with Crippen LogP contribution in [0.5, 0.6) is 0 Å². The van der Waals surface area contributed by atoms with E-state index < -0.39 is 17.8 Å². The van der Waals surface area contributed by atoms with Gasteiger partial charge in [-0.05, 0) is 42.6 Å². The van der Waals surface area contributed by atoms with Gasteiger partial charge in [-0.15, -0.1) is 0 Å². The van der Waals surface area contributed by atoms with E-state index in [2.05, 4.69) is 52.2 Å². The molecule has 0 heterocycles. The lowest BCUT2D eigenvalue weighted by atomic mass is 9.85. The molecule has 2 N–H and O–H groups in total. The normalized spacial score (nSPS) is 15.1. The van der Waals surface area contributed by atoms with E-state index in [4.69, 9.17) is 9.47 Å². The van der Waals surface area contributed by atoms with Gasteiger partial charge in [0, 0.05) is 0 Å². The van der Waals surface area contributed by atoms with Gasteiger partial charge in [0.05, 0.1) is 12.8 Å². The van der Waals surface area contributed by atoms with E-state index >= 15 is 0 Å². The van der Waals surface area contributed by atoms with Crippen LogP contribution in [0, 0.1) is 10.8 Å². The maximum atomic E-state index is 12.6. The second-order valence-corrected chi connectivity index (χ2v) is 10.6. The number of ether oxygens (including phenoxy) is 2. The predicted molar refractivity (Wildman–Crippen MR) is 120 cm³/mol. The summed E-state index contributed by atoms with van der Waals surface area (Å²) in [5.41, 5.74) is 0.0660. The summed E-state index contributed by atoms with van der Waals surface area (Å²) < 4.78 is 10.4. The Morgan fingerprint density at radius 1 is 0.933 bits per heavy atom. The van der Waals surface area contributed by atoms with Crippen LogP contribution in [-0.4, -0.2) is 30.9 Å². The standard InChI is InChI=1S/C24H40N2O4/c1-22(2,3)14-15-24(7,25-19(20(27)29-8)16-23(4,5)6)26-21(28)30-17-18-12-10-9-11-13-18/h9-13,19,25H,14-17H2,1-8H3,(H,26,28)/t19-,24?/m0/s1. The minimum Gasteiger partial charge on any atom is -0.468 e. The molecule has 0 saturated heterocycles. The first kappa shape index (κ1) is 26.0. The fraction of sp³-hybridized carbons (Fsp3) is 0.667. The molecule has 6 heteroatoms. The fourth-order valence-electron chi connectivity index (χ4n) is 3.11. The van der Waals surface area contributed by atoms with Crippen molar-refractivity contribution in [2.45, 2.75) is 86.0 Å². The molecule has 170 valence electrons. The summed E-state index contributed by atoms with van der Waals surface area (Å²) in [6.45, 7) is 14.7. The van der Waals surface area contributed by atoms with Crippen molar-refractivity contribution in [1.29, 1.82) is 0 Å². The molecule has 0 saturated carbocycles. The topological polar surface area (TPSA) is 76.7 Å². The molecule has 30 heavy (non-hydrogen) atoms. The number of nitrogens with one attached hydrogen (secondary N) is 2. The van der Waals surface area contributed by atoms with Crippen molar-refractivity contribution in [3.63, 3.8) is 0 Å². The van der Waals surface area contributed by atoms with Crippen LogP contribution in [0.2, 0.25) is 0 Å². The monoisotopic (exact) mass is 420 g/mol. The predicted octanol–water partition coefficient (Wildman–Crippen LogP) is 5.02. The highest BCUT2D eigenvalue weighted by Gasteiger charge is 2.35. The van der Waals surface area contributed by atoms with Crippen molar-refractivity contribution in [3.8, 4) is 0 Å². The number of hydrogen-bond donors (Lipinski definition) is 2. The Morgan fingerprint density at radius 2 is 1.53 bits per heavy atom. The van der Waals surface area contributed by atoms with E-state index in [0.717, 1.165) is 12.0 Å². The first-order chi connectivity index (χ1) is 13.7. The molecular formula is C24H40N2O4. The van der Waals surface area contributed by atoms with E-state index in [1.54, 1.807) is 0 Å². The zero-order valence-electron chi connectivity index (χ0n) is 19.9. The Balaban J connectivity index is 2.93. The van der Waals surface area contributed by atoms with Gasteiger partial charge in [0.25, 0.3) is 0 Å². The lowest BCUT2D eigenvalue weighted by Gasteiger charge is -2.38. The van der Waals surface area contributed by atoms with Crippen LogP contribution in [0.3, 0.4) is 0 Å². The maximum absolute atomic E-state index is 12.6. The van der Waals surface area contributed by atoms with Crippen LogP contribution in [0.1, 0.15) is 73.3 Å². The van der Waals surface area contributed by atoms with Crippen molar-refractivity contribution < 1.29 is 19.1 Å². The molecule has 1 aromatic carbocycles. The molecule has 1 aromatic rings. The van der Waals surface area contributed by atoms with E-state index in [0.29, 0.717) is 12.8 Å². The lowest BCUT2D eigenvalue weighted by molar-refractivity contribution is -0.144. The number of benzene rings is 1. The van der Waals surface area contributed by atoms with Gasteiger partial charge in [0.1, 0.15) is 12.6 Å². The minimum absolute atomic E-state index is 0.0728. The van der Waals surface area contributed by atoms with Gasteiger partial charge in [-0.3, -0.25) is 10.1 Å². The van der Waals surface area contributed by atoms with Crippen LogP contribution in [0.4, 0.5) is 4.79 Å². The van der Waals surface area contributed by atoms with Gasteiger partial charge in [-0.1, -0.05) is 71.9 Å². The van der Waals surface area contributed by atoms with E-state index in [1.807, 2.05) is 37.3 Å². The zero-order chi connectivity index (χ0) is 23.0. The number of alkyl carbamates (subject to hydrolysis) is 1. The number of carbonyl (C=O) groups excluding carboxylic acids is 2. The second-order valence-electron chi connectivity index (χ2n) is 10.6. The first-order valence-electron chi connectivity index (χ1n) is 10.6. The number of carbonyl (C=O) groups is 2. The Kier molecular flexibility index (Phi) is 9.35. The van der Waals surface area contributed by atoms with Crippen LogP contribution in [-0.2, 0) is 20.9 Å². The summed E-state index contributed by atoms with van der Waals surface area (Å²) in [5, 5.41) is 6.30. The summed E-state index contributed by atoms with van der Waals surface area (Å²) in [4.78, 5) is 25.0. The third kappa shape index (κ3) is 10.6. The number of methoxy groups -OCH3 is 1. The zero-order valence-corrected chi connectivity index (χ0v) is 19.9. The van der Waals surface area contributed by atoms with Crippen molar-refractivity contribution in [1.82, 2.24) is 10.6 Å². The first-order valence-corrected chi connectivity index (χ1v) is 10.6. The highest BCUT2D eigenvalue weighted by molar-refractivity contribution is 5.76. The van der Waals surface area contributed by atoms with E-state index in [1.165, 1.54) is 7.11 Å². The average molecular weight is 421 g/mol. The number of esters is 1. The highest BCUT2D eigenvalue weighted by atomic mass is 16.5. The molecule has 1 unspecified atom stereocenters. The van der Waals surface area contributed by atoms with Gasteiger partial charge in [-0.2, -0.15) is 0 Å². The molecule has 0 radical (unpaired) electrons. The number of hydrogen-bond acceptors (Lipinski definition) is 5. The smallest absolute Gasteiger partial charge is 0.408 e. The van der Waals surface area contributed by atoms with Crippen molar-refractivity contribution >= 4 is 12.1 Å². The van der Waals surface area contributed by atoms with Gasteiger partial charge in [0.15, 0.2) is 0 Å². The lowest BCUT2D eigenvalue weighted by Crippen LogP contribution is -2.62. The number of rotatable bonds is 9. The average Bonchev–Trinajstić information content (AvgIpc) is 2.63. The molecule has 0 fully saturated rings. The summed E-state index contributed by atoms with van der Waals surface area (Å²) in [7, 11) is 1.38. The number of amides is 1. The largest absolute Gasteiger partial charge is 0.468 e.